The molecule has 0 heterocycles. The maximum absolute atomic E-state index is 3.58. The van der Waals surface area contributed by atoms with Crippen molar-refractivity contribution in [3.63, 3.8) is 0 Å². The molecule has 0 spiro atoms. The lowest BCUT2D eigenvalue weighted by atomic mass is 9.95. The number of para-hydroxylation sites is 1. The molecule has 1 N–H and O–H groups in total. The zero-order valence-corrected chi connectivity index (χ0v) is 12.0. The van der Waals surface area contributed by atoms with E-state index in [1.54, 1.807) is 0 Å². The molecule has 1 aliphatic carbocycles. The number of hydrogen-bond acceptors (Lipinski definition) is 1. The maximum Gasteiger partial charge on any atom is 0.0342 e. The van der Waals surface area contributed by atoms with Crippen LogP contribution in [-0.2, 0) is 0 Å². The first-order valence-corrected chi connectivity index (χ1v) is 8.27. The Morgan fingerprint density at radius 2 is 1.60 bits per heavy atom. The minimum atomic E-state index is 0.719. The Morgan fingerprint density at radius 1 is 1.00 bits per heavy atom. The first-order chi connectivity index (χ1) is 7.45. The topological polar surface area (TPSA) is 12.0 Å². The maximum atomic E-state index is 3.58. The summed E-state index contributed by atoms with van der Waals surface area (Å²) in [6.07, 6.45) is 6.89. The van der Waals surface area contributed by atoms with E-state index in [1.165, 1.54) is 48.0 Å². The smallest absolute Gasteiger partial charge is 0.0342 e. The van der Waals surface area contributed by atoms with Crippen LogP contribution in [0.15, 0.2) is 30.3 Å². The monoisotopic (exact) mass is 221 g/mol. The number of rotatable bonds is 2. The Labute approximate surface area is 96.7 Å². The Balaban J connectivity index is 0.000000531. The van der Waals surface area contributed by atoms with Crippen molar-refractivity contribution in [2.75, 3.05) is 5.32 Å². The molecular weight excluding hydrogens is 198 g/mol. The number of nitrogens with one attached hydrogen (secondary N) is 1. The summed E-state index contributed by atoms with van der Waals surface area (Å²) < 4.78 is 0. The Kier molecular flexibility index (Phi) is 6.17. The average Bonchev–Trinajstić information content (AvgIpc) is 2.34. The lowest BCUT2D eigenvalue weighted by Gasteiger charge is -2.23. The second-order valence-electron chi connectivity index (χ2n) is 3.85. The van der Waals surface area contributed by atoms with Crippen molar-refractivity contribution in [1.29, 1.82) is 0 Å². The molecule has 0 radical (unpaired) electrons. The van der Waals surface area contributed by atoms with Gasteiger partial charge in [-0.05, 0) is 35.2 Å². The molecule has 1 fully saturated rings. The second kappa shape index (κ2) is 7.52. The first-order valence-electron chi connectivity index (χ1n) is 6.27. The summed E-state index contributed by atoms with van der Waals surface area (Å²) in [5.41, 5.74) is 1.27. The summed E-state index contributed by atoms with van der Waals surface area (Å²) in [5, 5.41) is 3.58. The molecule has 1 nitrogen and oxygen atoms in total. The van der Waals surface area contributed by atoms with Crippen molar-refractivity contribution in [3.05, 3.63) is 30.3 Å². The van der Waals surface area contributed by atoms with Crippen LogP contribution < -0.4 is 5.32 Å². The molecule has 1 aromatic carbocycles. The number of hydrogen-bond donors (Lipinski definition) is 1. The van der Waals surface area contributed by atoms with Crippen LogP contribution in [0.5, 0.6) is 0 Å². The van der Waals surface area contributed by atoms with E-state index in [0.717, 1.165) is 6.04 Å². The molecule has 0 atom stereocenters. The molecule has 15 heavy (non-hydrogen) atoms. The predicted molar refractivity (Wildman–Crippen MR) is 72.7 cm³/mol. The van der Waals surface area contributed by atoms with Gasteiger partial charge >= 0.3 is 0 Å². The van der Waals surface area contributed by atoms with Crippen molar-refractivity contribution >= 4 is 15.9 Å². The number of anilines is 1. The molecule has 1 aromatic rings. The molecule has 0 unspecified atom stereocenters. The normalized spacial score (nSPS) is 16.6. The van der Waals surface area contributed by atoms with Gasteiger partial charge in [0.1, 0.15) is 0 Å². The van der Waals surface area contributed by atoms with Crippen LogP contribution >= 0.6 is 0 Å². The quantitative estimate of drug-likeness (QED) is 0.757. The fourth-order valence-corrected chi connectivity index (χ4v) is 2.02. The Morgan fingerprint density at radius 3 is 2.20 bits per heavy atom. The van der Waals surface area contributed by atoms with Crippen molar-refractivity contribution in [2.24, 2.45) is 0 Å². The minimum absolute atomic E-state index is 0.719. The molecule has 84 valence electrons. The van der Waals surface area contributed by atoms with Gasteiger partial charge in [0, 0.05) is 11.7 Å². The van der Waals surface area contributed by atoms with E-state index in [2.05, 4.69) is 42.2 Å². The highest BCUT2D eigenvalue weighted by atomic mass is 28.1. The van der Waals surface area contributed by atoms with Crippen LogP contribution in [0.4, 0.5) is 5.69 Å². The third-order valence-corrected chi connectivity index (χ3v) is 2.75. The van der Waals surface area contributed by atoms with Crippen LogP contribution in [0.3, 0.4) is 0 Å². The van der Waals surface area contributed by atoms with Crippen LogP contribution in [0, 0.1) is 0 Å². The molecule has 0 aromatic heterocycles. The summed E-state index contributed by atoms with van der Waals surface area (Å²) >= 11 is 0. The van der Waals surface area contributed by atoms with Crippen molar-refractivity contribution in [2.45, 2.75) is 44.7 Å². The van der Waals surface area contributed by atoms with Gasteiger partial charge in [-0.25, -0.2) is 0 Å². The molecular formula is C13H23NSi. The fourth-order valence-electron chi connectivity index (χ4n) is 2.02. The highest BCUT2D eigenvalue weighted by molar-refractivity contribution is 6.05. The van der Waals surface area contributed by atoms with E-state index >= 15 is 0 Å². The van der Waals surface area contributed by atoms with E-state index in [1.807, 2.05) is 0 Å². The summed E-state index contributed by atoms with van der Waals surface area (Å²) in [6, 6.07) is 11.3. The van der Waals surface area contributed by atoms with E-state index in [0.29, 0.717) is 0 Å². The highest BCUT2D eigenvalue weighted by Crippen LogP contribution is 2.21. The minimum Gasteiger partial charge on any atom is -0.382 e. The SMILES string of the molecule is C[SiH3].c1ccc(NC2CCCCC2)cc1. The lowest BCUT2D eigenvalue weighted by Crippen LogP contribution is -2.21. The van der Waals surface area contributed by atoms with Gasteiger partial charge in [0.25, 0.3) is 0 Å². The van der Waals surface area contributed by atoms with E-state index in [-0.39, 0.29) is 0 Å². The predicted octanol–water partition coefficient (Wildman–Crippen LogP) is 2.83. The van der Waals surface area contributed by atoms with Crippen LogP contribution in [-0.4, -0.2) is 16.3 Å². The van der Waals surface area contributed by atoms with Gasteiger partial charge in [-0.2, -0.15) is 0 Å². The highest BCUT2D eigenvalue weighted by Gasteiger charge is 2.12. The number of benzene rings is 1. The Bertz CT molecular complexity index is 242. The summed E-state index contributed by atoms with van der Waals surface area (Å²) in [5.74, 6) is 0. The standard InChI is InChI=1S/C12H17N.CH6Si/c1-3-7-11(8-4-1)13-12-9-5-2-6-10-12;1-2/h1,3-4,7-8,12-13H,2,5-6,9-10H2;1-2H3. The van der Waals surface area contributed by atoms with Crippen molar-refractivity contribution in [3.8, 4) is 0 Å². The molecule has 2 heteroatoms. The van der Waals surface area contributed by atoms with Gasteiger partial charge in [-0.15, -0.1) is 0 Å². The van der Waals surface area contributed by atoms with E-state index in [9.17, 15) is 0 Å². The zero-order chi connectivity index (χ0) is 10.9. The van der Waals surface area contributed by atoms with Crippen molar-refractivity contribution < 1.29 is 0 Å². The fraction of sp³-hybridized carbons (Fsp3) is 0.538. The van der Waals surface area contributed by atoms with Gasteiger partial charge in [0.2, 0.25) is 0 Å². The first kappa shape index (κ1) is 12.3. The third kappa shape index (κ3) is 4.52. The summed E-state index contributed by atoms with van der Waals surface area (Å²) in [6.45, 7) is 2.14. The average molecular weight is 221 g/mol. The molecule has 1 aliphatic rings. The third-order valence-electron chi connectivity index (χ3n) is 2.75. The van der Waals surface area contributed by atoms with Crippen LogP contribution in [0.25, 0.3) is 0 Å². The van der Waals surface area contributed by atoms with Gasteiger partial charge < -0.3 is 5.32 Å². The summed E-state index contributed by atoms with van der Waals surface area (Å²) in [7, 11) is 1.31. The molecule has 0 amide bonds. The lowest BCUT2D eigenvalue weighted by molar-refractivity contribution is 0.463. The zero-order valence-electron chi connectivity index (χ0n) is 10.00. The molecule has 1 saturated carbocycles. The molecule has 0 saturated heterocycles. The van der Waals surface area contributed by atoms with Crippen LogP contribution in [0.1, 0.15) is 32.1 Å². The van der Waals surface area contributed by atoms with Gasteiger partial charge in [-0.3, -0.25) is 0 Å². The largest absolute Gasteiger partial charge is 0.382 e. The van der Waals surface area contributed by atoms with Gasteiger partial charge in [0.05, 0.1) is 0 Å². The Hall–Kier alpha value is -0.763. The molecule has 0 aliphatic heterocycles. The van der Waals surface area contributed by atoms with Crippen LogP contribution in [0.2, 0.25) is 6.55 Å². The molecule has 2 rings (SSSR count). The van der Waals surface area contributed by atoms with Gasteiger partial charge in [-0.1, -0.05) is 44.0 Å². The summed E-state index contributed by atoms with van der Waals surface area (Å²) in [4.78, 5) is 0. The van der Waals surface area contributed by atoms with Gasteiger partial charge in [0.15, 0.2) is 0 Å². The van der Waals surface area contributed by atoms with E-state index < -0.39 is 0 Å². The second-order valence-corrected chi connectivity index (χ2v) is 3.85. The van der Waals surface area contributed by atoms with E-state index in [4.69, 9.17) is 0 Å². The molecule has 0 bridgehead atoms. The van der Waals surface area contributed by atoms with Crippen molar-refractivity contribution in [1.82, 2.24) is 0 Å².